The number of fused-ring (bicyclic) bond motifs is 1. The largest absolute Gasteiger partial charge is 0.497 e. The lowest BCUT2D eigenvalue weighted by atomic mass is 10.1. The highest BCUT2D eigenvalue weighted by atomic mass is 32.2. The van der Waals surface area contributed by atoms with E-state index in [2.05, 4.69) is 4.90 Å². The number of sulfone groups is 1. The summed E-state index contributed by atoms with van der Waals surface area (Å²) in [5.41, 5.74) is 2.01. The predicted octanol–water partition coefficient (Wildman–Crippen LogP) is 2.95. The van der Waals surface area contributed by atoms with E-state index in [1.165, 1.54) is 0 Å². The highest BCUT2D eigenvalue weighted by molar-refractivity contribution is 7.89. The topological polar surface area (TPSA) is 80.1 Å². The van der Waals surface area contributed by atoms with Gasteiger partial charge in [-0.2, -0.15) is 0 Å². The number of carbonyl (C=O) groups is 1. The van der Waals surface area contributed by atoms with Crippen molar-refractivity contribution in [2.75, 3.05) is 44.4 Å². The van der Waals surface area contributed by atoms with Gasteiger partial charge in [-0.3, -0.25) is 4.79 Å². The van der Waals surface area contributed by atoms with Crippen LogP contribution in [-0.2, 0) is 15.6 Å². The molecule has 0 aliphatic carbocycles. The first-order valence-electron chi connectivity index (χ1n) is 9.72. The number of benzene rings is 2. The van der Waals surface area contributed by atoms with Crippen LogP contribution in [0.1, 0.15) is 16.1 Å². The van der Waals surface area contributed by atoms with E-state index in [9.17, 15) is 13.2 Å². The standard InChI is InChI=1S/C22H24N2O5S/c1-28-17-7-5-6-16(14-17)23-10-12-24(13-11-23)22(25)21-19(15-30(2,26)27)18-8-3-4-9-20(18)29-21/h3-9,14H,10-13,15H2,1-2H3. The maximum Gasteiger partial charge on any atom is 0.290 e. The third kappa shape index (κ3) is 4.14. The molecule has 8 heteroatoms. The minimum Gasteiger partial charge on any atom is -0.497 e. The number of methoxy groups -OCH3 is 1. The van der Waals surface area contributed by atoms with Crippen molar-refractivity contribution >= 4 is 32.4 Å². The van der Waals surface area contributed by atoms with Crippen molar-refractivity contribution in [2.45, 2.75) is 5.75 Å². The van der Waals surface area contributed by atoms with Crippen molar-refractivity contribution in [1.82, 2.24) is 4.90 Å². The van der Waals surface area contributed by atoms with Crippen molar-refractivity contribution in [3.05, 3.63) is 59.9 Å². The highest BCUT2D eigenvalue weighted by Gasteiger charge is 2.29. The molecule has 0 saturated carbocycles. The van der Waals surface area contributed by atoms with Crippen LogP contribution in [-0.4, -0.2) is 58.8 Å². The molecule has 1 fully saturated rings. The zero-order valence-electron chi connectivity index (χ0n) is 17.0. The Morgan fingerprint density at radius 1 is 1.07 bits per heavy atom. The first kappa shape index (κ1) is 20.3. The molecule has 7 nitrogen and oxygen atoms in total. The quantitative estimate of drug-likeness (QED) is 0.622. The van der Waals surface area contributed by atoms with Crippen LogP contribution < -0.4 is 9.64 Å². The lowest BCUT2D eigenvalue weighted by Gasteiger charge is -2.36. The smallest absolute Gasteiger partial charge is 0.290 e. The summed E-state index contributed by atoms with van der Waals surface area (Å²) in [6.07, 6.45) is 1.16. The molecule has 30 heavy (non-hydrogen) atoms. The lowest BCUT2D eigenvalue weighted by molar-refractivity contribution is 0.0716. The Hall–Kier alpha value is -3.00. The molecule has 2 aromatic carbocycles. The average Bonchev–Trinajstić information content (AvgIpc) is 3.10. The number of amides is 1. The van der Waals surface area contributed by atoms with Gasteiger partial charge in [0, 0.05) is 55.1 Å². The van der Waals surface area contributed by atoms with Crippen molar-refractivity contribution in [2.24, 2.45) is 0 Å². The minimum atomic E-state index is -3.33. The van der Waals surface area contributed by atoms with Crippen LogP contribution in [0.4, 0.5) is 5.69 Å². The van der Waals surface area contributed by atoms with E-state index in [4.69, 9.17) is 9.15 Å². The number of para-hydroxylation sites is 1. The summed E-state index contributed by atoms with van der Waals surface area (Å²) in [7, 11) is -1.69. The third-order valence-electron chi connectivity index (χ3n) is 5.28. The summed E-state index contributed by atoms with van der Waals surface area (Å²) in [5, 5.41) is 0.668. The second kappa shape index (κ2) is 8.02. The Morgan fingerprint density at radius 3 is 2.50 bits per heavy atom. The third-order valence-corrected chi connectivity index (χ3v) is 6.10. The van der Waals surface area contributed by atoms with Crippen LogP contribution in [0.3, 0.4) is 0 Å². The summed E-state index contributed by atoms with van der Waals surface area (Å²) < 4.78 is 35.0. The molecule has 2 heterocycles. The van der Waals surface area contributed by atoms with Gasteiger partial charge >= 0.3 is 0 Å². The molecular formula is C22H24N2O5S. The van der Waals surface area contributed by atoms with Crippen LogP contribution >= 0.6 is 0 Å². The van der Waals surface area contributed by atoms with Gasteiger partial charge in [0.2, 0.25) is 0 Å². The Kier molecular flexibility index (Phi) is 5.42. The molecule has 4 rings (SSSR count). The van der Waals surface area contributed by atoms with Gasteiger partial charge in [0.05, 0.1) is 12.9 Å². The van der Waals surface area contributed by atoms with E-state index in [0.29, 0.717) is 42.7 Å². The van der Waals surface area contributed by atoms with Crippen LogP contribution in [0.15, 0.2) is 52.9 Å². The number of hydrogen-bond donors (Lipinski definition) is 0. The van der Waals surface area contributed by atoms with Gasteiger partial charge < -0.3 is 19.0 Å². The van der Waals surface area contributed by atoms with E-state index >= 15 is 0 Å². The zero-order valence-corrected chi connectivity index (χ0v) is 17.8. The molecular weight excluding hydrogens is 404 g/mol. The van der Waals surface area contributed by atoms with Crippen molar-refractivity contribution in [1.29, 1.82) is 0 Å². The zero-order chi connectivity index (χ0) is 21.3. The SMILES string of the molecule is COc1cccc(N2CCN(C(=O)c3oc4ccccc4c3CS(C)(=O)=O)CC2)c1. The second-order valence-corrected chi connectivity index (χ2v) is 9.60. The van der Waals surface area contributed by atoms with Gasteiger partial charge in [0.1, 0.15) is 11.3 Å². The number of carbonyl (C=O) groups excluding carboxylic acids is 1. The van der Waals surface area contributed by atoms with Gasteiger partial charge in [0.15, 0.2) is 15.6 Å². The molecule has 0 atom stereocenters. The van der Waals surface area contributed by atoms with E-state index in [1.54, 1.807) is 30.2 Å². The number of piperazine rings is 1. The van der Waals surface area contributed by atoms with E-state index in [1.807, 2.05) is 30.3 Å². The van der Waals surface area contributed by atoms with Gasteiger partial charge in [-0.25, -0.2) is 8.42 Å². The summed E-state index contributed by atoms with van der Waals surface area (Å²) >= 11 is 0. The van der Waals surface area contributed by atoms with Crippen LogP contribution in [0.25, 0.3) is 11.0 Å². The summed E-state index contributed by atoms with van der Waals surface area (Å²) in [6, 6.07) is 15.0. The number of hydrogen-bond acceptors (Lipinski definition) is 6. The molecule has 0 bridgehead atoms. The van der Waals surface area contributed by atoms with E-state index < -0.39 is 9.84 Å². The Morgan fingerprint density at radius 2 is 1.80 bits per heavy atom. The molecule has 1 aliphatic heterocycles. The molecule has 0 N–H and O–H groups in total. The predicted molar refractivity (Wildman–Crippen MR) is 116 cm³/mol. The summed E-state index contributed by atoms with van der Waals surface area (Å²) in [6.45, 7) is 2.37. The van der Waals surface area contributed by atoms with E-state index in [0.717, 1.165) is 17.7 Å². The first-order valence-corrected chi connectivity index (χ1v) is 11.8. The molecule has 3 aromatic rings. The minimum absolute atomic E-state index is 0.122. The van der Waals surface area contributed by atoms with Crippen molar-refractivity contribution in [3.8, 4) is 5.75 Å². The monoisotopic (exact) mass is 428 g/mol. The number of furan rings is 1. The molecule has 0 unspecified atom stereocenters. The molecule has 0 spiro atoms. The van der Waals surface area contributed by atoms with Crippen LogP contribution in [0, 0.1) is 0 Å². The molecule has 158 valence electrons. The fourth-order valence-electron chi connectivity index (χ4n) is 3.80. The molecule has 0 radical (unpaired) electrons. The average molecular weight is 429 g/mol. The van der Waals surface area contributed by atoms with Crippen molar-refractivity contribution < 1.29 is 22.4 Å². The van der Waals surface area contributed by atoms with Gasteiger partial charge in [-0.15, -0.1) is 0 Å². The second-order valence-electron chi connectivity index (χ2n) is 7.46. The maximum atomic E-state index is 13.2. The Bertz CT molecular complexity index is 1180. The summed E-state index contributed by atoms with van der Waals surface area (Å²) in [4.78, 5) is 17.1. The number of rotatable bonds is 5. The van der Waals surface area contributed by atoms with Crippen LogP contribution in [0.2, 0.25) is 0 Å². The number of nitrogens with zero attached hydrogens (tertiary/aromatic N) is 2. The van der Waals surface area contributed by atoms with Gasteiger partial charge in [-0.05, 0) is 18.2 Å². The summed E-state index contributed by atoms with van der Waals surface area (Å²) in [5.74, 6) is 0.416. The lowest BCUT2D eigenvalue weighted by Crippen LogP contribution is -2.48. The van der Waals surface area contributed by atoms with E-state index in [-0.39, 0.29) is 17.4 Å². The van der Waals surface area contributed by atoms with Crippen molar-refractivity contribution in [3.63, 3.8) is 0 Å². The Labute approximate surface area is 175 Å². The Balaban J connectivity index is 1.56. The fourth-order valence-corrected chi connectivity index (χ4v) is 4.61. The van der Waals surface area contributed by atoms with Gasteiger partial charge in [0.25, 0.3) is 5.91 Å². The van der Waals surface area contributed by atoms with Crippen LogP contribution in [0.5, 0.6) is 5.75 Å². The number of ether oxygens (including phenoxy) is 1. The first-order chi connectivity index (χ1) is 14.4. The highest BCUT2D eigenvalue weighted by Crippen LogP contribution is 2.29. The number of anilines is 1. The van der Waals surface area contributed by atoms with Gasteiger partial charge in [-0.1, -0.05) is 24.3 Å². The maximum absolute atomic E-state index is 13.2. The molecule has 1 aromatic heterocycles. The fraction of sp³-hybridized carbons (Fsp3) is 0.318. The molecule has 1 amide bonds. The molecule has 1 saturated heterocycles. The normalized spacial score (nSPS) is 14.9. The molecule has 1 aliphatic rings.